The maximum atomic E-state index is 12.7. The largest absolute Gasteiger partial charge is 0.354 e. The SMILES string of the molecule is CN(CCNC(=O)c1cccc(S(=O)(=O)N2CCNC(=O)C2)c1)C1CC1. The van der Waals surface area contributed by atoms with Crippen molar-refractivity contribution >= 4 is 21.8 Å². The van der Waals surface area contributed by atoms with Crippen LogP contribution in [0.25, 0.3) is 0 Å². The van der Waals surface area contributed by atoms with E-state index >= 15 is 0 Å². The average molecular weight is 380 g/mol. The second-order valence-corrected chi connectivity index (χ2v) is 8.62. The first kappa shape index (κ1) is 18.8. The molecule has 0 spiro atoms. The molecular weight excluding hydrogens is 356 g/mol. The second-order valence-electron chi connectivity index (χ2n) is 6.68. The number of hydrogen-bond acceptors (Lipinski definition) is 5. The molecule has 1 aliphatic heterocycles. The van der Waals surface area contributed by atoms with Crippen molar-refractivity contribution in [2.45, 2.75) is 23.8 Å². The maximum absolute atomic E-state index is 12.7. The van der Waals surface area contributed by atoms with Crippen LogP contribution in [0.5, 0.6) is 0 Å². The van der Waals surface area contributed by atoms with Gasteiger partial charge in [0.05, 0.1) is 11.4 Å². The fourth-order valence-corrected chi connectivity index (χ4v) is 4.36. The molecule has 0 unspecified atom stereocenters. The van der Waals surface area contributed by atoms with Crippen molar-refractivity contribution in [3.05, 3.63) is 29.8 Å². The molecule has 3 rings (SSSR count). The Morgan fingerprint density at radius 2 is 2.15 bits per heavy atom. The number of carbonyl (C=O) groups is 2. The van der Waals surface area contributed by atoms with Gasteiger partial charge in [0, 0.05) is 37.8 Å². The van der Waals surface area contributed by atoms with Gasteiger partial charge >= 0.3 is 0 Å². The van der Waals surface area contributed by atoms with Crippen LogP contribution >= 0.6 is 0 Å². The molecule has 2 N–H and O–H groups in total. The van der Waals surface area contributed by atoms with Crippen LogP contribution in [-0.4, -0.2) is 75.3 Å². The number of amides is 2. The van der Waals surface area contributed by atoms with Crippen molar-refractivity contribution in [2.75, 3.05) is 39.8 Å². The van der Waals surface area contributed by atoms with Gasteiger partial charge in [-0.15, -0.1) is 0 Å². The molecule has 1 heterocycles. The van der Waals surface area contributed by atoms with Gasteiger partial charge < -0.3 is 15.5 Å². The van der Waals surface area contributed by atoms with E-state index in [1.54, 1.807) is 12.1 Å². The molecule has 8 nitrogen and oxygen atoms in total. The molecule has 2 fully saturated rings. The van der Waals surface area contributed by atoms with Crippen LogP contribution < -0.4 is 10.6 Å². The monoisotopic (exact) mass is 380 g/mol. The second kappa shape index (κ2) is 7.73. The van der Waals surface area contributed by atoms with Gasteiger partial charge in [0.2, 0.25) is 15.9 Å². The predicted octanol–water partition coefficient (Wildman–Crippen LogP) is -0.369. The highest BCUT2D eigenvalue weighted by Gasteiger charge is 2.29. The van der Waals surface area contributed by atoms with Gasteiger partial charge in [-0.05, 0) is 38.1 Å². The Hall–Kier alpha value is -1.97. The van der Waals surface area contributed by atoms with Crippen molar-refractivity contribution < 1.29 is 18.0 Å². The molecule has 1 aliphatic carbocycles. The summed E-state index contributed by atoms with van der Waals surface area (Å²) < 4.78 is 26.5. The van der Waals surface area contributed by atoms with Crippen molar-refractivity contribution in [3.63, 3.8) is 0 Å². The van der Waals surface area contributed by atoms with Crippen LogP contribution in [0.3, 0.4) is 0 Å². The van der Waals surface area contributed by atoms with E-state index in [9.17, 15) is 18.0 Å². The molecular formula is C17H24N4O4S. The summed E-state index contributed by atoms with van der Waals surface area (Å²) in [6, 6.07) is 6.56. The Kier molecular flexibility index (Phi) is 5.59. The van der Waals surface area contributed by atoms with E-state index in [-0.39, 0.29) is 36.3 Å². The molecule has 9 heteroatoms. The third-order valence-electron chi connectivity index (χ3n) is 4.66. The molecule has 142 valence electrons. The molecule has 1 saturated heterocycles. The Bertz CT molecular complexity index is 792. The smallest absolute Gasteiger partial charge is 0.251 e. The van der Waals surface area contributed by atoms with Gasteiger partial charge in [0.25, 0.3) is 5.91 Å². The van der Waals surface area contributed by atoms with Crippen LogP contribution in [0, 0.1) is 0 Å². The Labute approximate surface area is 153 Å². The summed E-state index contributed by atoms with van der Waals surface area (Å²) in [5.41, 5.74) is 0.293. The lowest BCUT2D eigenvalue weighted by atomic mass is 10.2. The lowest BCUT2D eigenvalue weighted by molar-refractivity contribution is -0.122. The summed E-state index contributed by atoms with van der Waals surface area (Å²) in [6.07, 6.45) is 2.41. The highest BCUT2D eigenvalue weighted by Crippen LogP contribution is 2.24. The van der Waals surface area contributed by atoms with E-state index in [0.717, 1.165) is 10.8 Å². The van der Waals surface area contributed by atoms with Gasteiger partial charge in [-0.1, -0.05) is 6.07 Å². The highest BCUT2D eigenvalue weighted by atomic mass is 32.2. The molecule has 1 aromatic rings. The minimum Gasteiger partial charge on any atom is -0.354 e. The third kappa shape index (κ3) is 4.40. The van der Waals surface area contributed by atoms with E-state index in [4.69, 9.17) is 0 Å². The van der Waals surface area contributed by atoms with Gasteiger partial charge in [0.15, 0.2) is 0 Å². The Balaban J connectivity index is 1.64. The minimum absolute atomic E-state index is 0.0231. The minimum atomic E-state index is -3.80. The van der Waals surface area contributed by atoms with Gasteiger partial charge in [-0.2, -0.15) is 4.31 Å². The number of nitrogens with one attached hydrogen (secondary N) is 2. The number of likely N-dealkylation sites (N-methyl/N-ethyl adjacent to an activating group) is 1. The molecule has 0 radical (unpaired) electrons. The zero-order valence-electron chi connectivity index (χ0n) is 14.8. The number of sulfonamides is 1. The van der Waals surface area contributed by atoms with E-state index < -0.39 is 10.0 Å². The van der Waals surface area contributed by atoms with Crippen molar-refractivity contribution in [1.29, 1.82) is 0 Å². The molecule has 26 heavy (non-hydrogen) atoms. The Morgan fingerprint density at radius 3 is 2.85 bits per heavy atom. The van der Waals surface area contributed by atoms with E-state index in [2.05, 4.69) is 15.5 Å². The fraction of sp³-hybridized carbons (Fsp3) is 0.529. The molecule has 0 bridgehead atoms. The van der Waals surface area contributed by atoms with Crippen LogP contribution in [0.15, 0.2) is 29.2 Å². The Morgan fingerprint density at radius 1 is 1.38 bits per heavy atom. The number of rotatable bonds is 7. The molecule has 2 amide bonds. The first-order valence-electron chi connectivity index (χ1n) is 8.73. The molecule has 1 saturated carbocycles. The number of hydrogen-bond donors (Lipinski definition) is 2. The summed E-state index contributed by atoms with van der Waals surface area (Å²) in [7, 11) is -1.77. The van der Waals surface area contributed by atoms with Crippen molar-refractivity contribution in [3.8, 4) is 0 Å². The third-order valence-corrected chi connectivity index (χ3v) is 6.50. The zero-order valence-corrected chi connectivity index (χ0v) is 15.6. The molecule has 0 aromatic heterocycles. The zero-order chi connectivity index (χ0) is 18.7. The first-order valence-corrected chi connectivity index (χ1v) is 10.2. The topological polar surface area (TPSA) is 98.8 Å². The maximum Gasteiger partial charge on any atom is 0.251 e. The number of nitrogens with zero attached hydrogens (tertiary/aromatic N) is 2. The predicted molar refractivity (Wildman–Crippen MR) is 96.2 cm³/mol. The van der Waals surface area contributed by atoms with E-state index in [0.29, 0.717) is 18.2 Å². The summed E-state index contributed by atoms with van der Waals surface area (Å²) in [6.45, 7) is 1.57. The number of carbonyl (C=O) groups excluding carboxylic acids is 2. The summed E-state index contributed by atoms with van der Waals surface area (Å²) in [5.74, 6) is -0.629. The standard InChI is InChI=1S/C17H24N4O4S/c1-20(14-5-6-14)9-7-19-17(23)13-3-2-4-15(11-13)26(24,25)21-10-8-18-16(22)12-21/h2-4,11,14H,5-10,12H2,1H3,(H,18,22)(H,19,23). The van der Waals surface area contributed by atoms with E-state index in [1.165, 1.54) is 25.0 Å². The van der Waals surface area contributed by atoms with Crippen molar-refractivity contribution in [1.82, 2.24) is 19.8 Å². The molecule has 1 aromatic carbocycles. The van der Waals surface area contributed by atoms with Crippen LogP contribution in [0.4, 0.5) is 0 Å². The van der Waals surface area contributed by atoms with Crippen molar-refractivity contribution in [2.24, 2.45) is 0 Å². The van der Waals surface area contributed by atoms with Crippen LogP contribution in [0.1, 0.15) is 23.2 Å². The van der Waals surface area contributed by atoms with Crippen LogP contribution in [-0.2, 0) is 14.8 Å². The first-order chi connectivity index (χ1) is 12.4. The molecule has 2 aliphatic rings. The summed E-state index contributed by atoms with van der Waals surface area (Å²) in [4.78, 5) is 26.0. The van der Waals surface area contributed by atoms with Gasteiger partial charge in [-0.25, -0.2) is 8.42 Å². The van der Waals surface area contributed by atoms with Crippen LogP contribution in [0.2, 0.25) is 0 Å². The van der Waals surface area contributed by atoms with E-state index in [1.807, 2.05) is 7.05 Å². The quantitative estimate of drug-likeness (QED) is 0.673. The summed E-state index contributed by atoms with van der Waals surface area (Å²) >= 11 is 0. The van der Waals surface area contributed by atoms with Gasteiger partial charge in [0.1, 0.15) is 0 Å². The molecule has 0 atom stereocenters. The normalized spacial score (nSPS) is 18.6. The average Bonchev–Trinajstić information content (AvgIpc) is 3.47. The summed E-state index contributed by atoms with van der Waals surface area (Å²) in [5, 5.41) is 5.42. The number of piperazine rings is 1. The lowest BCUT2D eigenvalue weighted by Crippen LogP contribution is -2.49. The number of benzene rings is 1. The fourth-order valence-electron chi connectivity index (χ4n) is 2.91. The van der Waals surface area contributed by atoms with Gasteiger partial charge in [-0.3, -0.25) is 9.59 Å². The highest BCUT2D eigenvalue weighted by molar-refractivity contribution is 7.89. The lowest BCUT2D eigenvalue weighted by Gasteiger charge is -2.26.